The van der Waals surface area contributed by atoms with Crippen molar-refractivity contribution in [3.8, 4) is 22.9 Å². The van der Waals surface area contributed by atoms with Crippen LogP contribution in [-0.2, 0) is 30.5 Å². The minimum atomic E-state index is -0.905. The zero-order valence-electron chi connectivity index (χ0n) is 23.4. The first-order chi connectivity index (χ1) is 20.2. The van der Waals surface area contributed by atoms with Gasteiger partial charge in [-0.05, 0) is 41.0 Å². The van der Waals surface area contributed by atoms with Crippen molar-refractivity contribution < 1.29 is 23.9 Å². The van der Waals surface area contributed by atoms with Crippen molar-refractivity contribution in [1.82, 2.24) is 9.88 Å². The predicted octanol–water partition coefficient (Wildman–Crippen LogP) is 5.30. The maximum atomic E-state index is 13.4. The van der Waals surface area contributed by atoms with Crippen LogP contribution in [0, 0.1) is 16.7 Å². The van der Waals surface area contributed by atoms with Crippen LogP contribution >= 0.6 is 0 Å². The van der Waals surface area contributed by atoms with Crippen LogP contribution in [0.25, 0.3) is 16.8 Å². The van der Waals surface area contributed by atoms with Gasteiger partial charge in [0, 0.05) is 29.8 Å². The number of benzene rings is 3. The second-order valence-corrected chi connectivity index (χ2v) is 11.0. The average molecular weight is 562 g/mol. The van der Waals surface area contributed by atoms with Gasteiger partial charge in [-0.1, -0.05) is 74.5 Å². The number of nitrogens with zero attached hydrogens (tertiary/aromatic N) is 2. The van der Waals surface area contributed by atoms with E-state index in [1.807, 2.05) is 97.5 Å². The van der Waals surface area contributed by atoms with E-state index in [1.54, 1.807) is 18.2 Å². The summed E-state index contributed by atoms with van der Waals surface area (Å²) >= 11 is 0. The van der Waals surface area contributed by atoms with Gasteiger partial charge in [0.15, 0.2) is 0 Å². The molecule has 0 bridgehead atoms. The van der Waals surface area contributed by atoms with E-state index in [1.165, 1.54) is 0 Å². The van der Waals surface area contributed by atoms with E-state index in [-0.39, 0.29) is 19.6 Å². The molecule has 42 heavy (non-hydrogen) atoms. The topological polar surface area (TPSA) is 110 Å². The van der Waals surface area contributed by atoms with Crippen molar-refractivity contribution in [3.63, 3.8) is 0 Å². The molecular weight excluding hydrogens is 530 g/mol. The summed E-state index contributed by atoms with van der Waals surface area (Å²) in [5.41, 5.74) is 4.18. The fourth-order valence-electron chi connectivity index (χ4n) is 5.01. The van der Waals surface area contributed by atoms with Crippen molar-refractivity contribution in [2.45, 2.75) is 38.8 Å². The minimum Gasteiger partial charge on any atom is -0.463 e. The normalized spacial score (nSPS) is 16.2. The number of hydrogen-bond donors (Lipinski definition) is 1. The summed E-state index contributed by atoms with van der Waals surface area (Å²) in [6, 6.07) is 27.6. The second kappa shape index (κ2) is 12.1. The highest BCUT2D eigenvalue weighted by Crippen LogP contribution is 2.31. The molecule has 2 heterocycles. The summed E-state index contributed by atoms with van der Waals surface area (Å²) in [5.74, 6) is -2.38. The number of carbonyl (C=O) groups excluding carboxylic acids is 3. The van der Waals surface area contributed by atoms with Crippen molar-refractivity contribution in [2.75, 3.05) is 6.61 Å². The molecular formula is C34H31N3O5. The Kier molecular flexibility index (Phi) is 8.21. The maximum absolute atomic E-state index is 13.4. The lowest BCUT2D eigenvalue weighted by molar-refractivity contribution is -0.148. The summed E-state index contributed by atoms with van der Waals surface area (Å²) in [6.07, 6.45) is 3.46. The predicted molar refractivity (Wildman–Crippen MR) is 156 cm³/mol. The van der Waals surface area contributed by atoms with Crippen molar-refractivity contribution in [2.24, 2.45) is 5.41 Å². The van der Waals surface area contributed by atoms with Gasteiger partial charge < -0.3 is 19.4 Å². The quantitative estimate of drug-likeness (QED) is 0.278. The molecule has 1 aliphatic heterocycles. The fraction of sp³-hybridized carbons (Fsp3) is 0.235. The Hall–Kier alpha value is -5.16. The Bertz CT molecular complexity index is 1630. The van der Waals surface area contributed by atoms with Crippen LogP contribution < -0.4 is 5.32 Å². The fourth-order valence-corrected chi connectivity index (χ4v) is 5.01. The summed E-state index contributed by atoms with van der Waals surface area (Å²) in [4.78, 5) is 38.9. The van der Waals surface area contributed by atoms with Gasteiger partial charge in [0.2, 0.25) is 5.91 Å². The highest BCUT2D eigenvalue weighted by atomic mass is 16.5. The number of hydrogen-bond acceptors (Lipinski definition) is 6. The molecule has 1 fully saturated rings. The minimum absolute atomic E-state index is 0.0714. The van der Waals surface area contributed by atoms with E-state index in [9.17, 15) is 19.6 Å². The molecule has 212 valence electrons. The molecule has 0 aliphatic carbocycles. The van der Waals surface area contributed by atoms with E-state index in [2.05, 4.69) is 11.4 Å². The van der Waals surface area contributed by atoms with E-state index in [4.69, 9.17) is 9.47 Å². The lowest BCUT2D eigenvalue weighted by Gasteiger charge is -2.23. The number of rotatable bonds is 9. The van der Waals surface area contributed by atoms with Gasteiger partial charge in [-0.25, -0.2) is 4.79 Å². The number of cyclic esters (lactones) is 1. The summed E-state index contributed by atoms with van der Waals surface area (Å²) in [7, 11) is 0. The number of esters is 2. The average Bonchev–Trinajstić information content (AvgIpc) is 3.60. The van der Waals surface area contributed by atoms with E-state index >= 15 is 0 Å². The first-order valence-electron chi connectivity index (χ1n) is 13.7. The Morgan fingerprint density at radius 1 is 1.05 bits per heavy atom. The monoisotopic (exact) mass is 561 g/mol. The van der Waals surface area contributed by atoms with Crippen LogP contribution in [0.3, 0.4) is 0 Å². The Labute approximate surface area is 244 Å². The third-order valence-electron chi connectivity index (χ3n) is 7.43. The molecule has 8 nitrogen and oxygen atoms in total. The van der Waals surface area contributed by atoms with Crippen molar-refractivity contribution in [3.05, 3.63) is 114 Å². The Morgan fingerprint density at radius 3 is 2.45 bits per heavy atom. The first-order valence-corrected chi connectivity index (χ1v) is 13.7. The third kappa shape index (κ3) is 6.26. The third-order valence-corrected chi connectivity index (χ3v) is 7.43. The molecule has 3 aromatic carbocycles. The number of nitriles is 1. The van der Waals surface area contributed by atoms with Gasteiger partial charge in [0.25, 0.3) is 0 Å². The highest BCUT2D eigenvalue weighted by Gasteiger charge is 2.44. The Balaban J connectivity index is 1.42. The van der Waals surface area contributed by atoms with Crippen LogP contribution in [0.1, 0.15) is 42.9 Å². The summed E-state index contributed by atoms with van der Waals surface area (Å²) in [6.45, 7) is 3.97. The van der Waals surface area contributed by atoms with Gasteiger partial charge in [-0.15, -0.1) is 0 Å². The Morgan fingerprint density at radius 2 is 1.76 bits per heavy atom. The molecule has 1 aliphatic rings. The number of aromatic nitrogens is 1. The second-order valence-electron chi connectivity index (χ2n) is 11.0. The maximum Gasteiger partial charge on any atom is 0.329 e. The van der Waals surface area contributed by atoms with Crippen LogP contribution in [0.4, 0.5) is 0 Å². The number of ether oxygens (including phenoxy) is 2. The largest absolute Gasteiger partial charge is 0.463 e. The smallest absolute Gasteiger partial charge is 0.329 e. The van der Waals surface area contributed by atoms with E-state index in [0.717, 1.165) is 22.4 Å². The first kappa shape index (κ1) is 28.4. The summed E-state index contributed by atoms with van der Waals surface area (Å²) < 4.78 is 12.7. The van der Waals surface area contributed by atoms with E-state index in [0.29, 0.717) is 11.1 Å². The molecule has 1 N–H and O–H groups in total. The van der Waals surface area contributed by atoms with Crippen LogP contribution in [0.15, 0.2) is 97.3 Å². The van der Waals surface area contributed by atoms with Gasteiger partial charge in [0.05, 0.1) is 29.8 Å². The number of nitrogens with one attached hydrogen (secondary N) is 1. The van der Waals surface area contributed by atoms with Gasteiger partial charge >= 0.3 is 11.9 Å². The van der Waals surface area contributed by atoms with Crippen molar-refractivity contribution >= 4 is 17.8 Å². The molecule has 1 aromatic heterocycles. The molecule has 5 rings (SSSR count). The molecule has 0 radical (unpaired) electrons. The zero-order chi connectivity index (χ0) is 29.7. The summed E-state index contributed by atoms with van der Waals surface area (Å²) in [5, 5.41) is 11.9. The molecule has 1 unspecified atom stereocenters. The van der Waals surface area contributed by atoms with E-state index < -0.39 is 35.2 Å². The standard InChI is InChI=1S/C34H31N3O5/c1-34(2)22-42-33(40)31(34)36-30(38)18-28(32(39)41-21-24-8-4-3-5-9-24)26-16-17-37(20-26)29-11-7-6-10-27(29)25-14-12-23(19-35)13-15-25/h3-17,20,28,31H,18,21-22H2,1-2H3,(H,36,38)/t28?,31-/m1/s1. The lowest BCUT2D eigenvalue weighted by Crippen LogP contribution is -2.46. The number of carbonyl (C=O) groups is 3. The molecule has 4 aromatic rings. The lowest BCUT2D eigenvalue weighted by atomic mass is 9.87. The SMILES string of the molecule is CC1(C)COC(=O)[C@H]1NC(=O)CC(C(=O)OCc1ccccc1)c1ccn(-c2ccccc2-c2ccc(C#N)cc2)c1. The van der Waals surface area contributed by atoms with Crippen molar-refractivity contribution in [1.29, 1.82) is 5.26 Å². The highest BCUT2D eigenvalue weighted by molar-refractivity contribution is 5.90. The van der Waals surface area contributed by atoms with Crippen LogP contribution in [0.5, 0.6) is 0 Å². The zero-order valence-corrected chi connectivity index (χ0v) is 23.4. The van der Waals surface area contributed by atoms with Crippen LogP contribution in [-0.4, -0.2) is 35.1 Å². The van der Waals surface area contributed by atoms with Gasteiger partial charge in [-0.2, -0.15) is 5.26 Å². The van der Waals surface area contributed by atoms with Crippen LogP contribution in [0.2, 0.25) is 0 Å². The van der Waals surface area contributed by atoms with Gasteiger partial charge in [-0.3, -0.25) is 9.59 Å². The number of para-hydroxylation sites is 1. The molecule has 2 atom stereocenters. The molecule has 8 heteroatoms. The molecule has 1 saturated heterocycles. The van der Waals surface area contributed by atoms with Gasteiger partial charge in [0.1, 0.15) is 12.6 Å². The molecule has 0 saturated carbocycles. The molecule has 1 amide bonds. The molecule has 0 spiro atoms. The number of amides is 1.